The van der Waals surface area contributed by atoms with Crippen LogP contribution >= 0.6 is 0 Å². The molecular weight excluding hydrogens is 360 g/mol. The van der Waals surface area contributed by atoms with Crippen LogP contribution in [0.3, 0.4) is 0 Å². The summed E-state index contributed by atoms with van der Waals surface area (Å²) in [5.41, 5.74) is 2.40. The second kappa shape index (κ2) is 8.19. The van der Waals surface area contributed by atoms with Crippen molar-refractivity contribution < 1.29 is 28.4 Å². The molecule has 0 spiro atoms. The van der Waals surface area contributed by atoms with E-state index in [1.165, 1.54) is 5.56 Å². The minimum atomic E-state index is 0.301. The number of ether oxygens (including phenoxy) is 6. The molecule has 2 aromatic rings. The van der Waals surface area contributed by atoms with Crippen molar-refractivity contribution in [1.82, 2.24) is 0 Å². The molecule has 0 saturated carbocycles. The molecule has 2 heterocycles. The van der Waals surface area contributed by atoms with Crippen molar-refractivity contribution >= 4 is 0 Å². The Morgan fingerprint density at radius 2 is 1.43 bits per heavy atom. The van der Waals surface area contributed by atoms with Gasteiger partial charge in [-0.25, -0.2) is 0 Å². The molecule has 2 aliphatic heterocycles. The van der Waals surface area contributed by atoms with Crippen LogP contribution in [0.25, 0.3) is 0 Å². The smallest absolute Gasteiger partial charge is 0.231 e. The SMILES string of the molecule is COc1cc(C[C@@H]2COC[C@@H]2Cc2ccc3c(c2)OCO3)cc(OC)c1OC. The number of rotatable bonds is 7. The Bertz CT molecular complexity index is 809. The number of hydrogen-bond acceptors (Lipinski definition) is 6. The molecule has 4 rings (SSSR count). The highest BCUT2D eigenvalue weighted by Gasteiger charge is 2.29. The molecule has 0 radical (unpaired) electrons. The molecular formula is C22H26O6. The van der Waals surface area contributed by atoms with Gasteiger partial charge in [-0.2, -0.15) is 0 Å². The molecule has 1 saturated heterocycles. The summed E-state index contributed by atoms with van der Waals surface area (Å²) in [4.78, 5) is 0. The predicted molar refractivity (Wildman–Crippen MR) is 104 cm³/mol. The number of methoxy groups -OCH3 is 3. The maximum atomic E-state index is 5.82. The van der Waals surface area contributed by atoms with Gasteiger partial charge in [0, 0.05) is 0 Å². The van der Waals surface area contributed by atoms with E-state index in [1.807, 2.05) is 18.2 Å². The van der Waals surface area contributed by atoms with Crippen LogP contribution in [0.4, 0.5) is 0 Å². The summed E-state index contributed by atoms with van der Waals surface area (Å²) in [6, 6.07) is 10.2. The fourth-order valence-electron chi connectivity index (χ4n) is 4.02. The number of hydrogen-bond donors (Lipinski definition) is 0. The third-order valence-electron chi connectivity index (χ3n) is 5.49. The topological polar surface area (TPSA) is 55.4 Å². The minimum absolute atomic E-state index is 0.301. The molecule has 2 atom stereocenters. The van der Waals surface area contributed by atoms with E-state index < -0.39 is 0 Å². The molecule has 1 fully saturated rings. The van der Waals surface area contributed by atoms with Crippen LogP contribution in [0, 0.1) is 11.8 Å². The van der Waals surface area contributed by atoms with Crippen molar-refractivity contribution in [2.45, 2.75) is 12.8 Å². The summed E-state index contributed by atoms with van der Waals surface area (Å²) in [7, 11) is 4.90. The highest BCUT2D eigenvalue weighted by molar-refractivity contribution is 5.54. The zero-order chi connectivity index (χ0) is 19.5. The largest absolute Gasteiger partial charge is 0.493 e. The molecule has 0 aliphatic carbocycles. The van der Waals surface area contributed by atoms with E-state index in [9.17, 15) is 0 Å². The zero-order valence-corrected chi connectivity index (χ0v) is 16.5. The summed E-state index contributed by atoms with van der Waals surface area (Å²) in [6.45, 7) is 1.82. The second-order valence-electron chi connectivity index (χ2n) is 7.19. The maximum absolute atomic E-state index is 5.82. The molecule has 0 aromatic heterocycles. The van der Waals surface area contributed by atoms with Crippen molar-refractivity contribution in [2.24, 2.45) is 11.8 Å². The average Bonchev–Trinajstić information content (AvgIpc) is 3.36. The molecule has 6 nitrogen and oxygen atoms in total. The van der Waals surface area contributed by atoms with Gasteiger partial charge in [-0.1, -0.05) is 6.07 Å². The van der Waals surface area contributed by atoms with Crippen molar-refractivity contribution in [2.75, 3.05) is 41.3 Å². The fraction of sp³-hybridized carbons (Fsp3) is 0.455. The summed E-state index contributed by atoms with van der Waals surface area (Å²) in [5, 5.41) is 0. The van der Waals surface area contributed by atoms with Crippen molar-refractivity contribution in [3.05, 3.63) is 41.5 Å². The zero-order valence-electron chi connectivity index (χ0n) is 16.5. The van der Waals surface area contributed by atoms with Crippen molar-refractivity contribution in [1.29, 1.82) is 0 Å². The molecule has 2 aliphatic rings. The van der Waals surface area contributed by atoms with Crippen LogP contribution in [0.15, 0.2) is 30.3 Å². The summed E-state index contributed by atoms with van der Waals surface area (Å²) >= 11 is 0. The highest BCUT2D eigenvalue weighted by Crippen LogP contribution is 2.40. The van der Waals surface area contributed by atoms with Gasteiger partial charge in [0.15, 0.2) is 23.0 Å². The van der Waals surface area contributed by atoms with Crippen LogP contribution in [-0.4, -0.2) is 41.3 Å². The van der Waals surface area contributed by atoms with E-state index in [-0.39, 0.29) is 0 Å². The average molecular weight is 386 g/mol. The van der Waals surface area contributed by atoms with Gasteiger partial charge in [0.05, 0.1) is 34.5 Å². The van der Waals surface area contributed by atoms with E-state index in [2.05, 4.69) is 12.1 Å². The molecule has 0 bridgehead atoms. The fourth-order valence-corrected chi connectivity index (χ4v) is 4.02. The van der Waals surface area contributed by atoms with E-state index in [0.717, 1.165) is 43.1 Å². The normalized spacial score (nSPS) is 20.2. The predicted octanol–water partition coefficient (Wildman–Crippen LogP) is 3.49. The third-order valence-corrected chi connectivity index (χ3v) is 5.49. The van der Waals surface area contributed by atoms with Gasteiger partial charge in [-0.15, -0.1) is 0 Å². The molecule has 2 aromatic carbocycles. The quantitative estimate of drug-likeness (QED) is 0.726. The first-order valence-corrected chi connectivity index (χ1v) is 9.47. The lowest BCUT2D eigenvalue weighted by atomic mass is 9.85. The molecule has 0 unspecified atom stereocenters. The summed E-state index contributed by atoms with van der Waals surface area (Å²) in [6.07, 6.45) is 1.84. The first kappa shape index (κ1) is 18.7. The van der Waals surface area contributed by atoms with Crippen molar-refractivity contribution in [3.63, 3.8) is 0 Å². The van der Waals surface area contributed by atoms with Crippen LogP contribution in [0.2, 0.25) is 0 Å². The van der Waals surface area contributed by atoms with Crippen LogP contribution < -0.4 is 23.7 Å². The Labute approximate surface area is 165 Å². The van der Waals surface area contributed by atoms with Gasteiger partial charge in [0.2, 0.25) is 12.5 Å². The van der Waals surface area contributed by atoms with Gasteiger partial charge in [-0.05, 0) is 60.1 Å². The summed E-state index contributed by atoms with van der Waals surface area (Å²) < 4.78 is 33.1. The Morgan fingerprint density at radius 1 is 0.786 bits per heavy atom. The van der Waals surface area contributed by atoms with Crippen LogP contribution in [0.5, 0.6) is 28.7 Å². The van der Waals surface area contributed by atoms with Gasteiger partial charge >= 0.3 is 0 Å². The molecule has 6 heteroatoms. The lowest BCUT2D eigenvalue weighted by Crippen LogP contribution is -2.17. The summed E-state index contributed by atoms with van der Waals surface area (Å²) in [5.74, 6) is 4.50. The molecule has 150 valence electrons. The Hall–Kier alpha value is -2.60. The van der Waals surface area contributed by atoms with E-state index in [4.69, 9.17) is 28.4 Å². The minimum Gasteiger partial charge on any atom is -0.493 e. The van der Waals surface area contributed by atoms with E-state index >= 15 is 0 Å². The van der Waals surface area contributed by atoms with Crippen LogP contribution in [-0.2, 0) is 17.6 Å². The van der Waals surface area contributed by atoms with Gasteiger partial charge in [-0.3, -0.25) is 0 Å². The Morgan fingerprint density at radius 3 is 2.07 bits per heavy atom. The highest BCUT2D eigenvalue weighted by atomic mass is 16.7. The Balaban J connectivity index is 1.49. The maximum Gasteiger partial charge on any atom is 0.231 e. The lowest BCUT2D eigenvalue weighted by Gasteiger charge is -2.20. The van der Waals surface area contributed by atoms with Crippen molar-refractivity contribution in [3.8, 4) is 28.7 Å². The van der Waals surface area contributed by atoms with Gasteiger partial charge < -0.3 is 28.4 Å². The monoisotopic (exact) mass is 386 g/mol. The Kier molecular flexibility index (Phi) is 5.48. The number of benzene rings is 2. The lowest BCUT2D eigenvalue weighted by molar-refractivity contribution is 0.174. The number of fused-ring (bicyclic) bond motifs is 1. The molecule has 28 heavy (non-hydrogen) atoms. The molecule has 0 N–H and O–H groups in total. The van der Waals surface area contributed by atoms with Gasteiger partial charge in [0.25, 0.3) is 0 Å². The van der Waals surface area contributed by atoms with E-state index in [1.54, 1.807) is 21.3 Å². The first-order chi connectivity index (χ1) is 13.7. The standard InChI is InChI=1S/C22H26O6/c1-23-20-9-15(10-21(24-2)22(20)25-3)7-17-12-26-11-16(17)6-14-4-5-18-19(8-14)28-13-27-18/h4-5,8-10,16-17H,6-7,11-13H2,1-3H3/t16-,17+/m0/s1. The van der Waals surface area contributed by atoms with E-state index in [0.29, 0.717) is 35.9 Å². The van der Waals surface area contributed by atoms with Gasteiger partial charge in [0.1, 0.15) is 0 Å². The third kappa shape index (κ3) is 3.69. The molecule has 0 amide bonds. The second-order valence-corrected chi connectivity index (χ2v) is 7.19. The first-order valence-electron chi connectivity index (χ1n) is 9.47. The van der Waals surface area contributed by atoms with Crippen LogP contribution in [0.1, 0.15) is 11.1 Å².